The van der Waals surface area contributed by atoms with Crippen molar-refractivity contribution in [2.75, 3.05) is 7.11 Å². The molecule has 0 spiro atoms. The number of esters is 2. The molecular formula is C38H54O4. The van der Waals surface area contributed by atoms with Crippen LogP contribution in [0.15, 0.2) is 42.0 Å². The van der Waals surface area contributed by atoms with Gasteiger partial charge in [0.25, 0.3) is 0 Å². The summed E-state index contributed by atoms with van der Waals surface area (Å²) in [6.45, 7) is 17.3. The molecule has 0 radical (unpaired) electrons. The minimum absolute atomic E-state index is 0.0299. The van der Waals surface area contributed by atoms with Crippen molar-refractivity contribution < 1.29 is 19.1 Å². The fourth-order valence-electron chi connectivity index (χ4n) is 12.0. The van der Waals surface area contributed by atoms with E-state index in [4.69, 9.17) is 9.47 Å². The zero-order valence-electron chi connectivity index (χ0n) is 27.4. The van der Waals surface area contributed by atoms with Crippen LogP contribution in [0.4, 0.5) is 0 Å². The highest BCUT2D eigenvalue weighted by atomic mass is 16.5. The van der Waals surface area contributed by atoms with Crippen molar-refractivity contribution in [1.29, 1.82) is 0 Å². The molecule has 4 saturated carbocycles. The number of methoxy groups -OCH3 is 1. The molecule has 10 atom stereocenters. The Morgan fingerprint density at radius 3 is 2.24 bits per heavy atom. The highest BCUT2D eigenvalue weighted by Crippen LogP contribution is 2.76. The van der Waals surface area contributed by atoms with E-state index < -0.39 is 0 Å². The lowest BCUT2D eigenvalue weighted by atomic mass is 9.33. The molecule has 0 aliphatic heterocycles. The van der Waals surface area contributed by atoms with Gasteiger partial charge in [-0.2, -0.15) is 0 Å². The molecule has 4 fully saturated rings. The van der Waals surface area contributed by atoms with Gasteiger partial charge in [0.1, 0.15) is 6.10 Å². The topological polar surface area (TPSA) is 52.6 Å². The summed E-state index contributed by atoms with van der Waals surface area (Å²) in [6.07, 6.45) is 12.1. The van der Waals surface area contributed by atoms with E-state index in [1.165, 1.54) is 6.42 Å². The van der Waals surface area contributed by atoms with E-state index in [1.54, 1.807) is 12.7 Å². The van der Waals surface area contributed by atoms with Gasteiger partial charge in [0.05, 0.1) is 18.1 Å². The second-order valence-corrected chi connectivity index (χ2v) is 16.4. The van der Waals surface area contributed by atoms with E-state index in [2.05, 4.69) is 54.5 Å². The van der Waals surface area contributed by atoms with Crippen LogP contribution in [-0.2, 0) is 14.3 Å². The molecule has 0 aromatic heterocycles. The minimum Gasteiger partial charge on any atom is -0.469 e. The molecule has 4 heteroatoms. The first kappa shape index (κ1) is 29.9. The van der Waals surface area contributed by atoms with Gasteiger partial charge in [-0.25, -0.2) is 4.79 Å². The third-order valence-corrected chi connectivity index (χ3v) is 14.8. The van der Waals surface area contributed by atoms with Crippen LogP contribution in [0.2, 0.25) is 0 Å². The second kappa shape index (κ2) is 9.96. The van der Waals surface area contributed by atoms with E-state index in [9.17, 15) is 9.59 Å². The lowest BCUT2D eigenvalue weighted by Crippen LogP contribution is -2.65. The third kappa shape index (κ3) is 3.91. The monoisotopic (exact) mass is 574 g/mol. The average molecular weight is 575 g/mol. The first-order chi connectivity index (χ1) is 19.8. The van der Waals surface area contributed by atoms with Crippen molar-refractivity contribution >= 4 is 11.9 Å². The predicted octanol–water partition coefficient (Wildman–Crippen LogP) is 9.04. The second-order valence-electron chi connectivity index (χ2n) is 16.4. The average Bonchev–Trinajstić information content (AvgIpc) is 2.96. The van der Waals surface area contributed by atoms with E-state index in [0.717, 1.165) is 51.4 Å². The van der Waals surface area contributed by atoms with Crippen LogP contribution in [0.25, 0.3) is 0 Å². The quantitative estimate of drug-likeness (QED) is 0.267. The SMILES string of the molecule is COC(=O)C12CCC(C)C(C)C1C1=CCC3C4(C)CCC(OC(=O)c5ccccc5)C(C)(C)C4CCC3(C)C1(C)CC2. The number of ether oxygens (including phenoxy) is 2. The molecule has 1 aromatic rings. The Balaban J connectivity index is 1.33. The number of carbonyl (C=O) groups is 2. The molecular weight excluding hydrogens is 520 g/mol. The molecule has 5 aliphatic rings. The number of hydrogen-bond donors (Lipinski definition) is 0. The molecule has 6 rings (SSSR count). The Bertz CT molecular complexity index is 1260. The van der Waals surface area contributed by atoms with Crippen molar-refractivity contribution in [2.45, 2.75) is 112 Å². The fourth-order valence-corrected chi connectivity index (χ4v) is 12.0. The van der Waals surface area contributed by atoms with Crippen LogP contribution in [0.5, 0.6) is 0 Å². The largest absolute Gasteiger partial charge is 0.469 e. The number of allylic oxidation sites excluding steroid dienone is 2. The summed E-state index contributed by atoms with van der Waals surface area (Å²) in [5.74, 6) is 2.28. The van der Waals surface area contributed by atoms with Gasteiger partial charge in [0.2, 0.25) is 0 Å². The summed E-state index contributed by atoms with van der Waals surface area (Å²) in [6, 6.07) is 9.46. The maximum atomic E-state index is 13.5. The molecule has 0 N–H and O–H groups in total. The Morgan fingerprint density at radius 1 is 0.833 bits per heavy atom. The Morgan fingerprint density at radius 2 is 1.55 bits per heavy atom. The lowest BCUT2D eigenvalue weighted by Gasteiger charge is -2.71. The number of rotatable bonds is 3. The van der Waals surface area contributed by atoms with Crippen LogP contribution in [0.1, 0.15) is 117 Å². The van der Waals surface area contributed by atoms with Gasteiger partial charge in [0.15, 0.2) is 0 Å². The zero-order valence-corrected chi connectivity index (χ0v) is 27.4. The molecule has 230 valence electrons. The summed E-state index contributed by atoms with van der Waals surface area (Å²) in [4.78, 5) is 26.7. The van der Waals surface area contributed by atoms with Crippen LogP contribution < -0.4 is 0 Å². The standard InChI is InChI=1S/C38H54O4/c1-24-16-21-38(33(40)41-8)23-22-36(6)27(31(38)25(24)2)14-15-29-35(5)19-18-30(42-32(39)26-12-10-9-11-13-26)34(3,4)28(35)17-20-37(29,36)7/h9-14,24-25,28-31H,15-23H2,1-8H3. The van der Waals surface area contributed by atoms with Gasteiger partial charge in [-0.1, -0.05) is 78.3 Å². The van der Waals surface area contributed by atoms with Crippen LogP contribution in [0.3, 0.4) is 0 Å². The molecule has 1 aromatic carbocycles. The van der Waals surface area contributed by atoms with Crippen molar-refractivity contribution in [1.82, 2.24) is 0 Å². The molecule has 0 amide bonds. The first-order valence-electron chi connectivity index (χ1n) is 16.8. The molecule has 0 saturated heterocycles. The van der Waals surface area contributed by atoms with Gasteiger partial charge < -0.3 is 9.47 Å². The van der Waals surface area contributed by atoms with Crippen LogP contribution in [-0.4, -0.2) is 25.2 Å². The minimum atomic E-state index is -0.362. The summed E-state index contributed by atoms with van der Waals surface area (Å²) >= 11 is 0. The molecule has 42 heavy (non-hydrogen) atoms. The molecule has 10 unspecified atom stereocenters. The Labute approximate surface area is 254 Å². The maximum Gasteiger partial charge on any atom is 0.338 e. The third-order valence-electron chi connectivity index (χ3n) is 14.8. The number of hydrogen-bond acceptors (Lipinski definition) is 4. The van der Waals surface area contributed by atoms with Gasteiger partial charge in [-0.05, 0) is 116 Å². The Kier molecular flexibility index (Phi) is 7.10. The van der Waals surface area contributed by atoms with E-state index in [1.807, 2.05) is 30.3 Å². The van der Waals surface area contributed by atoms with Gasteiger partial charge >= 0.3 is 11.9 Å². The van der Waals surface area contributed by atoms with E-state index in [0.29, 0.717) is 29.2 Å². The van der Waals surface area contributed by atoms with Crippen LogP contribution in [0, 0.1) is 56.7 Å². The summed E-state index contributed by atoms with van der Waals surface area (Å²) in [5, 5.41) is 0. The zero-order chi connectivity index (χ0) is 30.3. The van der Waals surface area contributed by atoms with E-state index >= 15 is 0 Å². The lowest BCUT2D eigenvalue weighted by molar-refractivity contribution is -0.207. The van der Waals surface area contributed by atoms with Crippen molar-refractivity contribution in [3.8, 4) is 0 Å². The highest BCUT2D eigenvalue weighted by molar-refractivity contribution is 5.89. The first-order valence-corrected chi connectivity index (χ1v) is 16.8. The van der Waals surface area contributed by atoms with E-state index in [-0.39, 0.29) is 51.0 Å². The number of benzene rings is 1. The smallest absolute Gasteiger partial charge is 0.338 e. The molecule has 0 bridgehead atoms. The fraction of sp³-hybridized carbons (Fsp3) is 0.737. The van der Waals surface area contributed by atoms with Gasteiger partial charge in [0, 0.05) is 5.41 Å². The predicted molar refractivity (Wildman–Crippen MR) is 167 cm³/mol. The summed E-state index contributed by atoms with van der Waals surface area (Å²) in [5.41, 5.74) is 2.21. The molecule has 4 nitrogen and oxygen atoms in total. The van der Waals surface area contributed by atoms with Crippen LogP contribution >= 0.6 is 0 Å². The number of fused-ring (bicyclic) bond motifs is 7. The van der Waals surface area contributed by atoms with Gasteiger partial charge in [-0.15, -0.1) is 0 Å². The highest BCUT2D eigenvalue weighted by Gasteiger charge is 2.70. The Hall–Kier alpha value is -2.10. The molecule has 0 heterocycles. The van der Waals surface area contributed by atoms with Crippen molar-refractivity contribution in [3.63, 3.8) is 0 Å². The normalized spacial score (nSPS) is 45.7. The number of carbonyl (C=O) groups excluding carboxylic acids is 2. The van der Waals surface area contributed by atoms with Crippen molar-refractivity contribution in [3.05, 3.63) is 47.5 Å². The maximum absolute atomic E-state index is 13.5. The summed E-state index contributed by atoms with van der Waals surface area (Å²) < 4.78 is 11.8. The molecule has 5 aliphatic carbocycles. The van der Waals surface area contributed by atoms with Gasteiger partial charge in [-0.3, -0.25) is 4.79 Å². The summed E-state index contributed by atoms with van der Waals surface area (Å²) in [7, 11) is 1.59. The van der Waals surface area contributed by atoms with Crippen molar-refractivity contribution in [2.24, 2.45) is 56.7 Å².